The topological polar surface area (TPSA) is 106 Å². The number of fused-ring (bicyclic) bond motifs is 1. The van der Waals surface area contributed by atoms with E-state index < -0.39 is 0 Å². The highest BCUT2D eigenvalue weighted by Crippen LogP contribution is 2.30. The number of halogens is 1. The molecule has 4 aromatic rings. The van der Waals surface area contributed by atoms with Gasteiger partial charge in [-0.05, 0) is 62.7 Å². The SMILES string of the molecule is CC(C)Oc1nc2ccc(C(=O)NCCCc3nnc[nH]3)cc2nc1-c1ccc(F)cc1. The Labute approximate surface area is 184 Å². The first-order valence-corrected chi connectivity index (χ1v) is 10.4. The van der Waals surface area contributed by atoms with Crippen LogP contribution in [0, 0.1) is 5.82 Å². The van der Waals surface area contributed by atoms with Gasteiger partial charge in [0.2, 0.25) is 5.88 Å². The van der Waals surface area contributed by atoms with Gasteiger partial charge in [0.05, 0.1) is 17.1 Å². The van der Waals surface area contributed by atoms with E-state index in [1.54, 1.807) is 30.3 Å². The van der Waals surface area contributed by atoms with Gasteiger partial charge in [-0.1, -0.05) is 0 Å². The van der Waals surface area contributed by atoms with Gasteiger partial charge in [0, 0.05) is 24.1 Å². The molecule has 0 radical (unpaired) electrons. The lowest BCUT2D eigenvalue weighted by molar-refractivity contribution is 0.0953. The van der Waals surface area contributed by atoms with Crippen LogP contribution in [0.25, 0.3) is 22.3 Å². The lowest BCUT2D eigenvalue weighted by Gasteiger charge is -2.14. The van der Waals surface area contributed by atoms with Gasteiger partial charge in [0.15, 0.2) is 0 Å². The number of amides is 1. The van der Waals surface area contributed by atoms with Gasteiger partial charge in [0.25, 0.3) is 5.91 Å². The van der Waals surface area contributed by atoms with Crippen LogP contribution < -0.4 is 10.1 Å². The van der Waals surface area contributed by atoms with E-state index in [0.29, 0.717) is 46.7 Å². The van der Waals surface area contributed by atoms with E-state index in [4.69, 9.17) is 9.72 Å². The molecule has 32 heavy (non-hydrogen) atoms. The Morgan fingerprint density at radius 3 is 2.66 bits per heavy atom. The number of H-pyrrole nitrogens is 1. The molecule has 0 aliphatic heterocycles. The van der Waals surface area contributed by atoms with Crippen LogP contribution >= 0.6 is 0 Å². The molecule has 0 saturated carbocycles. The zero-order valence-corrected chi connectivity index (χ0v) is 17.8. The molecule has 0 aliphatic rings. The maximum atomic E-state index is 13.4. The number of hydrogen-bond acceptors (Lipinski definition) is 6. The highest BCUT2D eigenvalue weighted by molar-refractivity contribution is 5.97. The molecule has 2 N–H and O–H groups in total. The van der Waals surface area contributed by atoms with Crippen molar-refractivity contribution in [3.05, 3.63) is 66.0 Å². The number of carbonyl (C=O) groups excluding carboxylic acids is 1. The van der Waals surface area contributed by atoms with E-state index in [2.05, 4.69) is 25.5 Å². The Morgan fingerprint density at radius 2 is 1.94 bits per heavy atom. The van der Waals surface area contributed by atoms with Crippen molar-refractivity contribution in [2.24, 2.45) is 0 Å². The molecule has 2 aromatic heterocycles. The number of rotatable bonds is 8. The molecule has 8 nitrogen and oxygen atoms in total. The minimum Gasteiger partial charge on any atom is -0.473 e. The fourth-order valence-corrected chi connectivity index (χ4v) is 3.19. The number of aromatic nitrogens is 5. The number of ether oxygens (including phenoxy) is 1. The Kier molecular flexibility index (Phi) is 6.34. The summed E-state index contributed by atoms with van der Waals surface area (Å²) in [5, 5.41) is 10.6. The van der Waals surface area contributed by atoms with Crippen molar-refractivity contribution in [3.8, 4) is 17.1 Å². The van der Waals surface area contributed by atoms with Gasteiger partial charge >= 0.3 is 0 Å². The summed E-state index contributed by atoms with van der Waals surface area (Å²) < 4.78 is 19.2. The van der Waals surface area contributed by atoms with Gasteiger partial charge in [-0.15, -0.1) is 10.2 Å². The van der Waals surface area contributed by atoms with Crippen molar-refractivity contribution in [2.45, 2.75) is 32.8 Å². The lowest BCUT2D eigenvalue weighted by atomic mass is 10.1. The van der Waals surface area contributed by atoms with Gasteiger partial charge in [-0.25, -0.2) is 14.4 Å². The van der Waals surface area contributed by atoms with Crippen molar-refractivity contribution in [3.63, 3.8) is 0 Å². The summed E-state index contributed by atoms with van der Waals surface area (Å²) in [6.07, 6.45) is 2.85. The summed E-state index contributed by atoms with van der Waals surface area (Å²) in [5.74, 6) is 0.616. The molecule has 9 heteroatoms. The molecule has 164 valence electrons. The molecule has 4 rings (SSSR count). The standard InChI is InChI=1S/C23H23FN6O2/c1-14(2)32-23-21(15-5-8-17(24)9-6-15)28-19-12-16(7-10-18(19)29-23)22(31)25-11-3-4-20-26-13-27-30-20/h5-10,12-14H,3-4,11H2,1-2H3,(H,25,31)(H,26,27,30). The van der Waals surface area contributed by atoms with Gasteiger partial charge in [-0.2, -0.15) is 0 Å². The molecule has 0 aliphatic carbocycles. The Bertz CT molecular complexity index is 1210. The molecule has 2 heterocycles. The van der Waals surface area contributed by atoms with E-state index in [-0.39, 0.29) is 17.8 Å². The van der Waals surface area contributed by atoms with E-state index in [1.165, 1.54) is 18.5 Å². The Morgan fingerprint density at radius 1 is 1.12 bits per heavy atom. The third-order valence-electron chi connectivity index (χ3n) is 4.70. The van der Waals surface area contributed by atoms with Gasteiger partial charge in [-0.3, -0.25) is 4.79 Å². The summed E-state index contributed by atoms with van der Waals surface area (Å²) in [5.41, 5.74) is 2.81. The fourth-order valence-electron chi connectivity index (χ4n) is 3.19. The summed E-state index contributed by atoms with van der Waals surface area (Å²) in [6, 6.07) is 11.1. The molecule has 0 saturated heterocycles. The maximum Gasteiger partial charge on any atom is 0.251 e. The number of aromatic amines is 1. The highest BCUT2D eigenvalue weighted by atomic mass is 19.1. The van der Waals surface area contributed by atoms with Crippen molar-refractivity contribution in [1.29, 1.82) is 0 Å². The minimum absolute atomic E-state index is 0.108. The smallest absolute Gasteiger partial charge is 0.251 e. The van der Waals surface area contributed by atoms with E-state index >= 15 is 0 Å². The third kappa shape index (κ3) is 5.05. The first kappa shape index (κ1) is 21.4. The van der Waals surface area contributed by atoms with Crippen LogP contribution in [0.3, 0.4) is 0 Å². The van der Waals surface area contributed by atoms with E-state index in [1.807, 2.05) is 13.8 Å². The average Bonchev–Trinajstić information content (AvgIpc) is 3.29. The summed E-state index contributed by atoms with van der Waals surface area (Å²) in [4.78, 5) is 24.8. The number of hydrogen-bond donors (Lipinski definition) is 2. The molecule has 0 atom stereocenters. The predicted octanol–water partition coefficient (Wildman–Crippen LogP) is 3.70. The van der Waals surface area contributed by atoms with Gasteiger partial charge < -0.3 is 15.0 Å². The first-order chi connectivity index (χ1) is 15.5. The van der Waals surface area contributed by atoms with E-state index in [0.717, 1.165) is 12.2 Å². The van der Waals surface area contributed by atoms with Gasteiger partial charge in [0.1, 0.15) is 23.7 Å². The monoisotopic (exact) mass is 434 g/mol. The average molecular weight is 434 g/mol. The number of nitrogens with zero attached hydrogens (tertiary/aromatic N) is 4. The second kappa shape index (κ2) is 9.51. The second-order valence-electron chi connectivity index (χ2n) is 7.55. The highest BCUT2D eigenvalue weighted by Gasteiger charge is 2.15. The lowest BCUT2D eigenvalue weighted by Crippen LogP contribution is -2.24. The molecule has 1 amide bonds. The quantitative estimate of drug-likeness (QED) is 0.410. The molecule has 0 unspecified atom stereocenters. The fraction of sp³-hybridized carbons (Fsp3) is 0.261. The van der Waals surface area contributed by atoms with Crippen LogP contribution in [0.4, 0.5) is 4.39 Å². The summed E-state index contributed by atoms with van der Waals surface area (Å²) >= 11 is 0. The van der Waals surface area contributed by atoms with E-state index in [9.17, 15) is 9.18 Å². The van der Waals surface area contributed by atoms with Crippen LogP contribution in [-0.2, 0) is 6.42 Å². The van der Waals surface area contributed by atoms with Crippen molar-refractivity contribution >= 4 is 16.9 Å². The molecule has 2 aromatic carbocycles. The van der Waals surface area contributed by atoms with Crippen molar-refractivity contribution < 1.29 is 13.9 Å². The second-order valence-corrected chi connectivity index (χ2v) is 7.55. The summed E-state index contributed by atoms with van der Waals surface area (Å²) in [6.45, 7) is 4.30. The normalized spacial score (nSPS) is 11.1. The Hall–Kier alpha value is -3.88. The maximum absolute atomic E-state index is 13.4. The predicted molar refractivity (Wildman–Crippen MR) is 118 cm³/mol. The zero-order valence-electron chi connectivity index (χ0n) is 17.8. The van der Waals surface area contributed by atoms with Crippen LogP contribution in [-0.4, -0.2) is 43.7 Å². The Balaban J connectivity index is 1.56. The van der Waals surface area contributed by atoms with Crippen LogP contribution in [0.1, 0.15) is 36.5 Å². The molecule has 0 bridgehead atoms. The molecular formula is C23H23FN6O2. The first-order valence-electron chi connectivity index (χ1n) is 10.4. The van der Waals surface area contributed by atoms with Crippen LogP contribution in [0.2, 0.25) is 0 Å². The van der Waals surface area contributed by atoms with Crippen LogP contribution in [0.5, 0.6) is 5.88 Å². The zero-order chi connectivity index (χ0) is 22.5. The minimum atomic E-state index is -0.337. The largest absolute Gasteiger partial charge is 0.473 e. The van der Waals surface area contributed by atoms with Crippen molar-refractivity contribution in [1.82, 2.24) is 30.5 Å². The van der Waals surface area contributed by atoms with Crippen molar-refractivity contribution in [2.75, 3.05) is 6.54 Å². The van der Waals surface area contributed by atoms with Crippen LogP contribution in [0.15, 0.2) is 48.8 Å². The number of benzene rings is 2. The summed E-state index contributed by atoms with van der Waals surface area (Å²) in [7, 11) is 0. The number of carbonyl (C=O) groups is 1. The number of nitrogens with one attached hydrogen (secondary N) is 2. The molecule has 0 fully saturated rings. The number of aryl methyl sites for hydroxylation is 1. The third-order valence-corrected chi connectivity index (χ3v) is 4.70. The molecular weight excluding hydrogens is 411 g/mol. The molecule has 0 spiro atoms.